The highest BCUT2D eigenvalue weighted by molar-refractivity contribution is 7.47. The van der Waals surface area contributed by atoms with E-state index in [1.54, 1.807) is 0 Å². The fourth-order valence-corrected chi connectivity index (χ4v) is 11.6. The lowest BCUT2D eigenvalue weighted by molar-refractivity contribution is -0.161. The molecule has 6 atom stereocenters. The van der Waals surface area contributed by atoms with Crippen molar-refractivity contribution in [2.24, 2.45) is 17.8 Å². The Bertz CT molecular complexity index is 1700. The maximum absolute atomic E-state index is 13.0. The Morgan fingerprint density at radius 3 is 0.884 bits per heavy atom. The lowest BCUT2D eigenvalue weighted by atomic mass is 10.00. The third kappa shape index (κ3) is 59.7. The zero-order chi connectivity index (χ0) is 63.8. The number of carbonyl (C=O) groups excluding carboxylic acids is 4. The molecule has 0 fully saturated rings. The lowest BCUT2D eigenvalue weighted by Gasteiger charge is -2.21. The first-order valence-corrected chi connectivity index (χ1v) is 37.9. The summed E-state index contributed by atoms with van der Waals surface area (Å²) in [6.45, 7) is 11.7. The van der Waals surface area contributed by atoms with E-state index < -0.39 is 97.5 Å². The molecule has 3 N–H and O–H groups in total. The van der Waals surface area contributed by atoms with Crippen molar-refractivity contribution < 1.29 is 80.2 Å². The first kappa shape index (κ1) is 84.1. The fourth-order valence-electron chi connectivity index (χ4n) is 9.98. The second kappa shape index (κ2) is 58.2. The summed E-state index contributed by atoms with van der Waals surface area (Å²) in [5, 5.41) is 10.6. The summed E-state index contributed by atoms with van der Waals surface area (Å²) >= 11 is 0. The summed E-state index contributed by atoms with van der Waals surface area (Å²) < 4.78 is 68.1. The normalized spacial score (nSPS) is 14.6. The Labute approximate surface area is 524 Å². The molecule has 0 aromatic carbocycles. The number of esters is 4. The molecule has 0 aromatic rings. The van der Waals surface area contributed by atoms with Crippen LogP contribution in [-0.2, 0) is 65.4 Å². The van der Waals surface area contributed by atoms with Gasteiger partial charge in [-0.3, -0.25) is 37.3 Å². The van der Waals surface area contributed by atoms with Gasteiger partial charge in [0.05, 0.1) is 26.4 Å². The molecule has 0 saturated carbocycles. The van der Waals surface area contributed by atoms with Crippen LogP contribution in [0.1, 0.15) is 331 Å². The number of unbranched alkanes of at least 4 members (excludes halogenated alkanes) is 32. The molecule has 0 aliphatic carbocycles. The quantitative estimate of drug-likeness (QED) is 0.0222. The van der Waals surface area contributed by atoms with Crippen LogP contribution in [-0.4, -0.2) is 96.7 Å². The number of hydrogen-bond donors (Lipinski definition) is 3. The molecule has 0 rings (SSSR count). The summed E-state index contributed by atoms with van der Waals surface area (Å²) in [5.41, 5.74) is 0. The first-order chi connectivity index (χ1) is 41.3. The monoisotopic (exact) mass is 1270 g/mol. The molecule has 0 aliphatic rings. The predicted octanol–water partition coefficient (Wildman–Crippen LogP) is 18.7. The Kier molecular flexibility index (Phi) is 56.9. The maximum atomic E-state index is 13.0. The van der Waals surface area contributed by atoms with E-state index in [2.05, 4.69) is 48.5 Å². The molecule has 0 spiro atoms. The summed E-state index contributed by atoms with van der Waals surface area (Å²) in [6.07, 6.45) is 40.4. The van der Waals surface area contributed by atoms with Gasteiger partial charge in [-0.25, -0.2) is 9.13 Å². The molecule has 0 heterocycles. The third-order valence-electron chi connectivity index (χ3n) is 15.7. The van der Waals surface area contributed by atoms with E-state index in [0.29, 0.717) is 25.7 Å². The molecule has 0 radical (unpaired) electrons. The van der Waals surface area contributed by atoms with E-state index in [-0.39, 0.29) is 25.7 Å². The largest absolute Gasteiger partial charge is 0.472 e. The van der Waals surface area contributed by atoms with Crippen molar-refractivity contribution in [3.05, 3.63) is 0 Å². The summed E-state index contributed by atoms with van der Waals surface area (Å²) in [7, 11) is -9.89. The molecule has 17 nitrogen and oxygen atoms in total. The molecule has 510 valence electrons. The van der Waals surface area contributed by atoms with Gasteiger partial charge in [0, 0.05) is 25.7 Å². The standard InChI is InChI=1S/C67H130O17P2/c1-8-10-11-12-13-14-15-16-17-18-19-27-36-43-50-66(71)83-62(54-77-64(69)48-41-34-26-22-20-24-31-38-45-58(3)4)56-81-85(73,74)79-52-61(68)53-80-86(75,76)82-57-63(55-78-65(70)49-42-35-30-29-33-40-47-60(7)9-2)84-67(72)51-44-37-28-23-21-25-32-39-46-59(5)6/h58-63,68H,8-57H2,1-7H3,(H,73,74)(H,75,76)/t60?,61-,62-,63-/m1/s1. The second-order valence-electron chi connectivity index (χ2n) is 25.4. The van der Waals surface area contributed by atoms with Crippen LogP contribution >= 0.6 is 15.6 Å². The Balaban J connectivity index is 5.26. The molecule has 0 saturated heterocycles. The Hall–Kier alpha value is -1.94. The van der Waals surface area contributed by atoms with Gasteiger partial charge in [-0.15, -0.1) is 0 Å². The minimum Gasteiger partial charge on any atom is -0.462 e. The van der Waals surface area contributed by atoms with Crippen molar-refractivity contribution in [2.75, 3.05) is 39.6 Å². The van der Waals surface area contributed by atoms with Gasteiger partial charge in [0.15, 0.2) is 12.2 Å². The van der Waals surface area contributed by atoms with E-state index in [9.17, 15) is 43.2 Å². The zero-order valence-electron chi connectivity index (χ0n) is 55.8. The SMILES string of the molecule is CCCCCCCCCCCCCCCCC(=O)O[C@H](COC(=O)CCCCCCCCCCC(C)C)COP(=O)(O)OC[C@@H](O)COP(=O)(O)OC[C@@H](COC(=O)CCCCCCCCC(C)CC)OC(=O)CCCCCCCCCCC(C)C. The van der Waals surface area contributed by atoms with Crippen LogP contribution < -0.4 is 0 Å². The minimum atomic E-state index is -4.95. The van der Waals surface area contributed by atoms with Gasteiger partial charge < -0.3 is 33.8 Å². The molecule has 19 heteroatoms. The number of aliphatic hydroxyl groups is 1. The fraction of sp³-hybridized carbons (Fsp3) is 0.940. The van der Waals surface area contributed by atoms with Gasteiger partial charge in [-0.05, 0) is 43.4 Å². The number of carbonyl (C=O) groups is 4. The maximum Gasteiger partial charge on any atom is 0.472 e. The highest BCUT2D eigenvalue weighted by Gasteiger charge is 2.30. The minimum absolute atomic E-state index is 0.103. The van der Waals surface area contributed by atoms with Crippen LogP contribution in [0.15, 0.2) is 0 Å². The van der Waals surface area contributed by atoms with Crippen LogP contribution in [0, 0.1) is 17.8 Å². The van der Waals surface area contributed by atoms with E-state index >= 15 is 0 Å². The summed E-state index contributed by atoms with van der Waals surface area (Å²) in [5.74, 6) is 0.0427. The first-order valence-electron chi connectivity index (χ1n) is 34.9. The Morgan fingerprint density at radius 2 is 0.593 bits per heavy atom. The number of phosphoric ester groups is 2. The lowest BCUT2D eigenvalue weighted by Crippen LogP contribution is -2.30. The summed E-state index contributed by atoms with van der Waals surface area (Å²) in [6, 6.07) is 0. The number of ether oxygens (including phenoxy) is 4. The number of aliphatic hydroxyl groups excluding tert-OH is 1. The van der Waals surface area contributed by atoms with Crippen LogP contribution in [0.4, 0.5) is 0 Å². The van der Waals surface area contributed by atoms with Gasteiger partial charge in [-0.2, -0.15) is 0 Å². The van der Waals surface area contributed by atoms with Gasteiger partial charge in [0.1, 0.15) is 19.3 Å². The number of hydrogen-bond acceptors (Lipinski definition) is 15. The van der Waals surface area contributed by atoms with Crippen molar-refractivity contribution in [1.29, 1.82) is 0 Å². The smallest absolute Gasteiger partial charge is 0.462 e. The average Bonchev–Trinajstić information content (AvgIpc) is 3.55. The molecular formula is C67H130O17P2. The highest BCUT2D eigenvalue weighted by atomic mass is 31.2. The summed E-state index contributed by atoms with van der Waals surface area (Å²) in [4.78, 5) is 72.4. The van der Waals surface area contributed by atoms with E-state index in [1.165, 1.54) is 135 Å². The van der Waals surface area contributed by atoms with Gasteiger partial charge >= 0.3 is 39.5 Å². The Morgan fingerprint density at radius 1 is 0.337 bits per heavy atom. The van der Waals surface area contributed by atoms with Crippen molar-refractivity contribution in [1.82, 2.24) is 0 Å². The number of rotatable bonds is 65. The molecule has 0 amide bonds. The van der Waals surface area contributed by atoms with Crippen LogP contribution in [0.3, 0.4) is 0 Å². The predicted molar refractivity (Wildman–Crippen MR) is 344 cm³/mol. The average molecular weight is 1270 g/mol. The van der Waals surface area contributed by atoms with Gasteiger partial charge in [0.25, 0.3) is 0 Å². The highest BCUT2D eigenvalue weighted by Crippen LogP contribution is 2.45. The number of phosphoric acid groups is 2. The zero-order valence-corrected chi connectivity index (χ0v) is 57.6. The van der Waals surface area contributed by atoms with Crippen LogP contribution in [0.25, 0.3) is 0 Å². The van der Waals surface area contributed by atoms with Gasteiger partial charge in [-0.1, -0.05) is 280 Å². The van der Waals surface area contributed by atoms with Crippen LogP contribution in [0.5, 0.6) is 0 Å². The van der Waals surface area contributed by atoms with E-state index in [0.717, 1.165) is 114 Å². The van der Waals surface area contributed by atoms with Crippen LogP contribution in [0.2, 0.25) is 0 Å². The molecular weight excluding hydrogens is 1140 g/mol. The second-order valence-corrected chi connectivity index (χ2v) is 28.3. The molecule has 0 aromatic heterocycles. The molecule has 0 aliphatic heterocycles. The molecule has 86 heavy (non-hydrogen) atoms. The van der Waals surface area contributed by atoms with Crippen molar-refractivity contribution in [3.8, 4) is 0 Å². The molecule has 3 unspecified atom stereocenters. The topological polar surface area (TPSA) is 237 Å². The van der Waals surface area contributed by atoms with Crippen molar-refractivity contribution in [3.63, 3.8) is 0 Å². The van der Waals surface area contributed by atoms with Crippen molar-refractivity contribution in [2.45, 2.75) is 349 Å². The van der Waals surface area contributed by atoms with E-state index in [4.69, 9.17) is 37.0 Å². The van der Waals surface area contributed by atoms with Gasteiger partial charge in [0.2, 0.25) is 0 Å². The van der Waals surface area contributed by atoms with Crippen molar-refractivity contribution >= 4 is 39.5 Å². The van der Waals surface area contributed by atoms with E-state index in [1.807, 2.05) is 0 Å². The third-order valence-corrected chi connectivity index (χ3v) is 17.6. The molecule has 0 bridgehead atoms.